The number of carbonyl (C=O) groups excluding carboxylic acids is 1. The van der Waals surface area contributed by atoms with E-state index in [0.29, 0.717) is 12.2 Å². The first-order valence-corrected chi connectivity index (χ1v) is 5.92. The predicted molar refractivity (Wildman–Crippen MR) is 62.6 cm³/mol. The summed E-state index contributed by atoms with van der Waals surface area (Å²) < 4.78 is 6.83. The lowest BCUT2D eigenvalue weighted by molar-refractivity contribution is 0.0529. The van der Waals surface area contributed by atoms with Crippen LogP contribution in [-0.2, 0) is 4.74 Å². The van der Waals surface area contributed by atoms with Gasteiger partial charge in [0.15, 0.2) is 0 Å². The largest absolute Gasteiger partial charge is 0.462 e. The minimum Gasteiger partial charge on any atom is -0.462 e. The molecule has 2 aromatic rings. The highest BCUT2D eigenvalue weighted by atomic mass is 32.1. The molecule has 2 rings (SSSR count). The van der Waals surface area contributed by atoms with Crippen molar-refractivity contribution in [3.63, 3.8) is 0 Å². The summed E-state index contributed by atoms with van der Waals surface area (Å²) in [6, 6.07) is 1.78. The van der Waals surface area contributed by atoms with E-state index in [0.717, 1.165) is 4.83 Å². The fraction of sp³-hybridized carbons (Fsp3) is 0.364. The van der Waals surface area contributed by atoms with Crippen molar-refractivity contribution < 1.29 is 9.53 Å². The van der Waals surface area contributed by atoms with Crippen molar-refractivity contribution in [1.82, 2.24) is 4.40 Å². The van der Waals surface area contributed by atoms with Gasteiger partial charge in [0.1, 0.15) is 4.83 Å². The minimum atomic E-state index is -0.243. The lowest BCUT2D eigenvalue weighted by Crippen LogP contribution is -2.03. The van der Waals surface area contributed by atoms with Crippen molar-refractivity contribution in [2.24, 2.45) is 0 Å². The number of rotatable bonds is 2. The van der Waals surface area contributed by atoms with Gasteiger partial charge in [-0.05, 0) is 13.0 Å². The molecule has 0 radical (unpaired) electrons. The first-order valence-electron chi connectivity index (χ1n) is 5.04. The summed E-state index contributed by atoms with van der Waals surface area (Å²) in [5.41, 5.74) is 0.650. The number of nitrogens with zero attached hydrogens (tertiary/aromatic N) is 1. The van der Waals surface area contributed by atoms with Gasteiger partial charge in [0.2, 0.25) is 0 Å². The van der Waals surface area contributed by atoms with Crippen molar-refractivity contribution in [3.8, 4) is 0 Å². The molecule has 0 amide bonds. The van der Waals surface area contributed by atoms with Crippen LogP contribution in [0.3, 0.4) is 0 Å². The van der Waals surface area contributed by atoms with Crippen LogP contribution >= 0.6 is 11.3 Å². The van der Waals surface area contributed by atoms with Crippen molar-refractivity contribution in [2.45, 2.75) is 20.8 Å². The smallest absolute Gasteiger partial charge is 0.341 e. The monoisotopic (exact) mass is 225 g/mol. The number of esters is 1. The molecule has 2 heterocycles. The van der Waals surface area contributed by atoms with Crippen LogP contribution in [0.2, 0.25) is 0 Å². The normalized spacial score (nSPS) is 9.53. The number of hydrogen-bond donors (Lipinski definition) is 0. The molecule has 4 heteroatoms. The van der Waals surface area contributed by atoms with Gasteiger partial charge in [-0.3, -0.25) is 0 Å². The molecule has 0 aliphatic rings. The van der Waals surface area contributed by atoms with Gasteiger partial charge < -0.3 is 9.14 Å². The maximum absolute atomic E-state index is 11.4. The molecule has 82 valence electrons. The van der Waals surface area contributed by atoms with Gasteiger partial charge in [0.25, 0.3) is 0 Å². The molecule has 0 N–H and O–H groups in total. The number of fused-ring (bicyclic) bond motifs is 1. The highest BCUT2D eigenvalue weighted by Gasteiger charge is 2.12. The van der Waals surface area contributed by atoms with Crippen LogP contribution in [0.4, 0.5) is 0 Å². The maximum atomic E-state index is 11.4. The van der Waals surface area contributed by atoms with Crippen LogP contribution in [-0.4, -0.2) is 17.0 Å². The highest BCUT2D eigenvalue weighted by molar-refractivity contribution is 7.16. The van der Waals surface area contributed by atoms with E-state index >= 15 is 0 Å². The van der Waals surface area contributed by atoms with Crippen LogP contribution < -0.4 is 0 Å². The summed E-state index contributed by atoms with van der Waals surface area (Å²) in [4.78, 5) is 12.3. The zero-order chi connectivity index (χ0) is 11.3. The van der Waals surface area contributed by atoms with Gasteiger partial charge >= 0.3 is 5.97 Å². The topological polar surface area (TPSA) is 30.7 Å². The van der Waals surface area contributed by atoms with Crippen molar-refractivity contribution in [3.05, 3.63) is 29.4 Å². The fourth-order valence-electron chi connectivity index (χ4n) is 1.20. The molecule has 0 aliphatic heterocycles. The van der Waals surface area contributed by atoms with E-state index in [4.69, 9.17) is 4.74 Å². The predicted octanol–water partition coefficient (Wildman–Crippen LogP) is 3.20. The van der Waals surface area contributed by atoms with E-state index in [1.165, 1.54) is 11.3 Å². The van der Waals surface area contributed by atoms with E-state index in [1.807, 2.05) is 36.0 Å². The average Bonchev–Trinajstić information content (AvgIpc) is 2.81. The second kappa shape index (κ2) is 5.56. The molecule has 0 saturated heterocycles. The summed E-state index contributed by atoms with van der Waals surface area (Å²) in [5, 5.41) is 1.94. The molecule has 0 spiro atoms. The van der Waals surface area contributed by atoms with Crippen molar-refractivity contribution >= 4 is 22.1 Å². The Labute approximate surface area is 93.3 Å². The van der Waals surface area contributed by atoms with E-state index in [-0.39, 0.29) is 5.97 Å². The van der Waals surface area contributed by atoms with Crippen LogP contribution in [0.15, 0.2) is 23.8 Å². The SMILES string of the molecule is CC.CCOC(=O)c1ccn2ccsc12. The fourth-order valence-corrected chi connectivity index (χ4v) is 2.04. The molecule has 0 atom stereocenters. The molecule has 0 aromatic carbocycles. The Balaban J connectivity index is 0.000000531. The first kappa shape index (κ1) is 11.8. The molecule has 0 aliphatic carbocycles. The summed E-state index contributed by atoms with van der Waals surface area (Å²) in [7, 11) is 0. The van der Waals surface area contributed by atoms with Crippen LogP contribution in [0, 0.1) is 0 Å². The lowest BCUT2D eigenvalue weighted by atomic mass is 10.3. The zero-order valence-corrected chi connectivity index (χ0v) is 10.0. The Bertz CT molecular complexity index is 430. The number of hydrogen-bond acceptors (Lipinski definition) is 3. The summed E-state index contributed by atoms with van der Waals surface area (Å²) in [5.74, 6) is -0.243. The van der Waals surface area contributed by atoms with Gasteiger partial charge in [-0.2, -0.15) is 0 Å². The van der Waals surface area contributed by atoms with Gasteiger partial charge in [-0.25, -0.2) is 4.79 Å². The standard InChI is InChI=1S/C9H9NO2S.C2H6/c1-2-12-9(11)7-3-4-10-5-6-13-8(7)10;1-2/h3-6H,2H2,1H3;1-2H3. The third-order valence-corrected chi connectivity index (χ3v) is 2.67. The zero-order valence-electron chi connectivity index (χ0n) is 9.19. The van der Waals surface area contributed by atoms with E-state index < -0.39 is 0 Å². The summed E-state index contributed by atoms with van der Waals surface area (Å²) in [6.45, 7) is 6.22. The number of thiazole rings is 1. The Morgan fingerprint density at radius 3 is 2.87 bits per heavy atom. The Hall–Kier alpha value is -1.29. The number of aromatic nitrogens is 1. The number of ether oxygens (including phenoxy) is 1. The maximum Gasteiger partial charge on any atom is 0.341 e. The molecule has 0 unspecified atom stereocenters. The second-order valence-electron chi connectivity index (χ2n) is 2.57. The quantitative estimate of drug-likeness (QED) is 0.735. The number of carbonyl (C=O) groups is 1. The third-order valence-electron chi connectivity index (χ3n) is 1.76. The molecule has 15 heavy (non-hydrogen) atoms. The van der Waals surface area contributed by atoms with E-state index in [2.05, 4.69) is 0 Å². The molecule has 2 aromatic heterocycles. The van der Waals surface area contributed by atoms with Gasteiger partial charge in [-0.1, -0.05) is 13.8 Å². The van der Waals surface area contributed by atoms with Crippen LogP contribution in [0.1, 0.15) is 31.1 Å². The molecule has 0 bridgehead atoms. The highest BCUT2D eigenvalue weighted by Crippen LogP contribution is 2.19. The first-order chi connectivity index (χ1) is 7.33. The van der Waals surface area contributed by atoms with Gasteiger partial charge in [0, 0.05) is 17.8 Å². The molecule has 0 fully saturated rings. The Kier molecular flexibility index (Phi) is 4.37. The van der Waals surface area contributed by atoms with Crippen LogP contribution in [0.25, 0.3) is 4.83 Å². The molecule has 0 saturated carbocycles. The molecule has 3 nitrogen and oxygen atoms in total. The van der Waals surface area contributed by atoms with E-state index in [9.17, 15) is 4.79 Å². The van der Waals surface area contributed by atoms with Gasteiger partial charge in [-0.15, -0.1) is 11.3 Å². The second-order valence-corrected chi connectivity index (χ2v) is 3.46. The summed E-state index contributed by atoms with van der Waals surface area (Å²) in [6.07, 6.45) is 3.78. The Morgan fingerprint density at radius 1 is 1.47 bits per heavy atom. The van der Waals surface area contributed by atoms with Crippen molar-refractivity contribution in [1.29, 1.82) is 0 Å². The molecular weight excluding hydrogens is 210 g/mol. The van der Waals surface area contributed by atoms with Crippen molar-refractivity contribution in [2.75, 3.05) is 6.61 Å². The average molecular weight is 225 g/mol. The molecular formula is C11H15NO2S. The minimum absolute atomic E-state index is 0.243. The Morgan fingerprint density at radius 2 is 2.20 bits per heavy atom. The van der Waals surface area contributed by atoms with Crippen LogP contribution in [0.5, 0.6) is 0 Å². The van der Waals surface area contributed by atoms with Gasteiger partial charge in [0.05, 0.1) is 12.2 Å². The van der Waals surface area contributed by atoms with E-state index in [1.54, 1.807) is 13.0 Å². The lowest BCUT2D eigenvalue weighted by Gasteiger charge is -1.97. The third kappa shape index (κ3) is 2.39. The summed E-state index contributed by atoms with van der Waals surface area (Å²) >= 11 is 1.54.